The SMILES string of the molecule is CCOC(=O)Cn1cc(B2OC(C)(C)C(C)(C)O2)ccc1=N. The summed E-state index contributed by atoms with van der Waals surface area (Å²) in [4.78, 5) is 11.6. The van der Waals surface area contributed by atoms with E-state index >= 15 is 0 Å². The molecule has 0 aromatic carbocycles. The Kier molecular flexibility index (Phi) is 4.49. The number of ether oxygens (including phenoxy) is 1. The Morgan fingerprint density at radius 3 is 2.41 bits per heavy atom. The van der Waals surface area contributed by atoms with Gasteiger partial charge in [0.15, 0.2) is 0 Å². The van der Waals surface area contributed by atoms with Crippen LogP contribution in [0.2, 0.25) is 0 Å². The van der Waals surface area contributed by atoms with Crippen LogP contribution in [-0.2, 0) is 25.4 Å². The van der Waals surface area contributed by atoms with E-state index in [1.54, 1.807) is 25.3 Å². The molecule has 1 aliphatic heterocycles. The molecule has 1 fully saturated rings. The van der Waals surface area contributed by atoms with Gasteiger partial charge in [0.1, 0.15) is 12.0 Å². The van der Waals surface area contributed by atoms with E-state index in [4.69, 9.17) is 19.5 Å². The van der Waals surface area contributed by atoms with Gasteiger partial charge in [-0.25, -0.2) is 0 Å². The zero-order valence-corrected chi connectivity index (χ0v) is 13.8. The van der Waals surface area contributed by atoms with Crippen LogP contribution in [-0.4, -0.2) is 35.5 Å². The quantitative estimate of drug-likeness (QED) is 0.660. The minimum atomic E-state index is -0.515. The van der Waals surface area contributed by atoms with Gasteiger partial charge in [-0.2, -0.15) is 0 Å². The van der Waals surface area contributed by atoms with Crippen molar-refractivity contribution in [3.05, 3.63) is 23.8 Å². The average Bonchev–Trinajstić information content (AvgIpc) is 2.61. The second-order valence-electron chi connectivity index (χ2n) is 6.37. The minimum absolute atomic E-state index is 0.0000189. The van der Waals surface area contributed by atoms with Gasteiger partial charge in [0.2, 0.25) is 0 Å². The average molecular weight is 306 g/mol. The Morgan fingerprint density at radius 1 is 1.27 bits per heavy atom. The maximum atomic E-state index is 11.6. The second-order valence-corrected chi connectivity index (χ2v) is 6.37. The van der Waals surface area contributed by atoms with E-state index in [0.29, 0.717) is 6.61 Å². The lowest BCUT2D eigenvalue weighted by molar-refractivity contribution is -0.143. The van der Waals surface area contributed by atoms with E-state index in [0.717, 1.165) is 5.46 Å². The zero-order valence-electron chi connectivity index (χ0n) is 13.8. The first-order valence-corrected chi connectivity index (χ1v) is 7.42. The predicted octanol–water partition coefficient (Wildman–Crippen LogP) is 0.830. The molecule has 1 N–H and O–H groups in total. The van der Waals surface area contributed by atoms with Crippen molar-refractivity contribution in [3.8, 4) is 0 Å². The molecule has 0 bridgehead atoms. The van der Waals surface area contributed by atoms with Crippen LogP contribution in [0.1, 0.15) is 34.6 Å². The van der Waals surface area contributed by atoms with Gasteiger partial charge in [-0.3, -0.25) is 10.2 Å². The van der Waals surface area contributed by atoms with Crippen molar-refractivity contribution < 1.29 is 18.8 Å². The van der Waals surface area contributed by atoms with Crippen molar-refractivity contribution >= 4 is 18.6 Å². The van der Waals surface area contributed by atoms with Crippen LogP contribution in [0.25, 0.3) is 0 Å². The fourth-order valence-electron chi connectivity index (χ4n) is 2.16. The summed E-state index contributed by atoms with van der Waals surface area (Å²) in [6.45, 7) is 10.0. The third-order valence-corrected chi connectivity index (χ3v) is 4.18. The van der Waals surface area contributed by atoms with Crippen LogP contribution in [0.4, 0.5) is 0 Å². The fourth-order valence-corrected chi connectivity index (χ4v) is 2.16. The van der Waals surface area contributed by atoms with Gasteiger partial charge in [0.25, 0.3) is 0 Å². The summed E-state index contributed by atoms with van der Waals surface area (Å²) in [5.74, 6) is -0.368. The summed E-state index contributed by atoms with van der Waals surface area (Å²) in [7, 11) is -0.515. The Bertz CT molecular complexity index is 608. The van der Waals surface area contributed by atoms with Crippen LogP contribution in [0.5, 0.6) is 0 Å². The first-order chi connectivity index (χ1) is 10.2. The smallest absolute Gasteiger partial charge is 0.465 e. The topological polar surface area (TPSA) is 73.5 Å². The zero-order chi connectivity index (χ0) is 16.5. The molecule has 1 aliphatic rings. The summed E-state index contributed by atoms with van der Waals surface area (Å²) >= 11 is 0. The number of rotatable bonds is 4. The van der Waals surface area contributed by atoms with Crippen LogP contribution in [0, 0.1) is 5.41 Å². The molecule has 0 saturated carbocycles. The van der Waals surface area contributed by atoms with E-state index in [2.05, 4.69) is 0 Å². The van der Waals surface area contributed by atoms with Crippen molar-refractivity contribution in [1.29, 1.82) is 5.41 Å². The molecule has 2 heterocycles. The number of pyridine rings is 1. The molecule has 120 valence electrons. The summed E-state index contributed by atoms with van der Waals surface area (Å²) < 4.78 is 18.4. The van der Waals surface area contributed by atoms with E-state index in [9.17, 15) is 4.79 Å². The molecule has 1 aromatic heterocycles. The molecule has 7 heteroatoms. The highest BCUT2D eigenvalue weighted by Gasteiger charge is 2.51. The Hall–Kier alpha value is -1.60. The molecule has 0 spiro atoms. The van der Waals surface area contributed by atoms with Crippen LogP contribution in [0.15, 0.2) is 18.3 Å². The molecule has 0 unspecified atom stereocenters. The Balaban J connectivity index is 2.24. The number of carbonyl (C=O) groups excluding carboxylic acids is 1. The summed E-state index contributed by atoms with van der Waals surface area (Å²) in [5.41, 5.74) is 0.152. The molecule has 1 saturated heterocycles. The van der Waals surface area contributed by atoms with E-state index in [1.165, 1.54) is 4.57 Å². The van der Waals surface area contributed by atoms with E-state index in [-0.39, 0.29) is 18.0 Å². The van der Waals surface area contributed by atoms with Gasteiger partial charge >= 0.3 is 13.1 Å². The van der Waals surface area contributed by atoms with Gasteiger partial charge < -0.3 is 18.6 Å². The molecule has 0 aliphatic carbocycles. The molecule has 1 aromatic rings. The lowest BCUT2D eigenvalue weighted by atomic mass is 9.80. The number of carbonyl (C=O) groups is 1. The third-order valence-electron chi connectivity index (χ3n) is 4.18. The summed E-state index contributed by atoms with van der Waals surface area (Å²) in [5, 5.41) is 7.89. The highest BCUT2D eigenvalue weighted by molar-refractivity contribution is 6.62. The van der Waals surface area contributed by atoms with Crippen LogP contribution >= 0.6 is 0 Å². The van der Waals surface area contributed by atoms with E-state index < -0.39 is 18.3 Å². The standard InChI is InChI=1S/C15H23BN2O4/c1-6-20-13(19)10-18-9-11(7-8-12(18)17)16-21-14(2,3)15(4,5)22-16/h7-9,17H,6,10H2,1-5H3. The molecular weight excluding hydrogens is 283 g/mol. The van der Waals surface area contributed by atoms with Crippen molar-refractivity contribution in [3.63, 3.8) is 0 Å². The Morgan fingerprint density at radius 2 is 1.86 bits per heavy atom. The second kappa shape index (κ2) is 5.89. The Labute approximate surface area is 131 Å². The third kappa shape index (κ3) is 3.25. The fraction of sp³-hybridized carbons (Fsp3) is 0.600. The highest BCUT2D eigenvalue weighted by Crippen LogP contribution is 2.36. The lowest BCUT2D eigenvalue weighted by Gasteiger charge is -2.32. The maximum absolute atomic E-state index is 11.6. The van der Waals surface area contributed by atoms with Gasteiger partial charge in [-0.15, -0.1) is 0 Å². The summed E-state index contributed by atoms with van der Waals surface area (Å²) in [6, 6.07) is 3.41. The number of hydrogen-bond donors (Lipinski definition) is 1. The van der Waals surface area contributed by atoms with E-state index in [1.807, 2.05) is 27.7 Å². The van der Waals surface area contributed by atoms with Crippen molar-refractivity contribution in [2.24, 2.45) is 0 Å². The first-order valence-electron chi connectivity index (χ1n) is 7.42. The first kappa shape index (κ1) is 16.8. The van der Waals surface area contributed by atoms with Crippen molar-refractivity contribution in [1.82, 2.24) is 4.57 Å². The number of esters is 1. The van der Waals surface area contributed by atoms with Gasteiger partial charge in [0, 0.05) is 6.20 Å². The number of aromatic nitrogens is 1. The normalized spacial score (nSPS) is 19.2. The molecule has 2 rings (SSSR count). The molecule has 0 amide bonds. The minimum Gasteiger partial charge on any atom is -0.465 e. The number of nitrogens with zero attached hydrogens (tertiary/aromatic N) is 1. The molecular formula is C15H23BN2O4. The van der Waals surface area contributed by atoms with Crippen LogP contribution in [0.3, 0.4) is 0 Å². The molecule has 22 heavy (non-hydrogen) atoms. The maximum Gasteiger partial charge on any atom is 0.496 e. The monoisotopic (exact) mass is 306 g/mol. The number of hydrogen-bond acceptors (Lipinski definition) is 5. The number of nitrogens with one attached hydrogen (secondary N) is 1. The largest absolute Gasteiger partial charge is 0.496 e. The molecule has 0 atom stereocenters. The van der Waals surface area contributed by atoms with Gasteiger partial charge in [0.05, 0.1) is 17.8 Å². The highest BCUT2D eigenvalue weighted by atomic mass is 16.7. The predicted molar refractivity (Wildman–Crippen MR) is 82.6 cm³/mol. The summed E-state index contributed by atoms with van der Waals surface area (Å²) in [6.07, 6.45) is 1.71. The molecule has 6 nitrogen and oxygen atoms in total. The lowest BCUT2D eigenvalue weighted by Crippen LogP contribution is -2.41. The van der Waals surface area contributed by atoms with Gasteiger partial charge in [-0.1, -0.05) is 6.07 Å². The van der Waals surface area contributed by atoms with Crippen molar-refractivity contribution in [2.75, 3.05) is 6.61 Å². The molecule has 0 radical (unpaired) electrons. The van der Waals surface area contributed by atoms with Crippen molar-refractivity contribution in [2.45, 2.75) is 52.4 Å². The van der Waals surface area contributed by atoms with Gasteiger partial charge in [-0.05, 0) is 46.1 Å². The van der Waals surface area contributed by atoms with Crippen LogP contribution < -0.4 is 11.0 Å².